The minimum atomic E-state index is 1.24. The molecule has 0 saturated carbocycles. The van der Waals surface area contributed by atoms with Crippen molar-refractivity contribution in [1.29, 1.82) is 0 Å². The van der Waals surface area contributed by atoms with Gasteiger partial charge in [0.05, 0.1) is 0 Å². The number of aromatic nitrogens is 1. The molecule has 1 nitrogen and oxygen atoms in total. The highest BCUT2D eigenvalue weighted by Crippen LogP contribution is 2.22. The first kappa shape index (κ1) is 6.02. The van der Waals surface area contributed by atoms with E-state index < -0.39 is 0 Å². The maximum Gasteiger partial charge on any atom is 0.0184 e. The molecule has 1 aromatic heterocycles. The van der Waals surface area contributed by atoms with Gasteiger partial charge in [0.15, 0.2) is 0 Å². The highest BCUT2D eigenvalue weighted by atomic mass is 14.7. The molecule has 53 valence electrons. The summed E-state index contributed by atoms with van der Waals surface area (Å²) >= 11 is 0. The number of aromatic amines is 1. The molecule has 1 N–H and O–H groups in total. The van der Waals surface area contributed by atoms with Crippen LogP contribution in [0.1, 0.15) is 29.8 Å². The minimum Gasteiger partial charge on any atom is -0.362 e. The zero-order valence-electron chi connectivity index (χ0n) is 6.28. The van der Waals surface area contributed by atoms with E-state index in [1.807, 2.05) is 0 Å². The van der Waals surface area contributed by atoms with Gasteiger partial charge >= 0.3 is 0 Å². The van der Waals surface area contributed by atoms with Crippen molar-refractivity contribution in [3.05, 3.63) is 29.4 Å². The molecule has 1 aromatic rings. The summed E-state index contributed by atoms with van der Waals surface area (Å²) in [7, 11) is 0. The molecule has 0 bridgehead atoms. The zero-order valence-corrected chi connectivity index (χ0v) is 6.28. The van der Waals surface area contributed by atoms with Gasteiger partial charge in [0.2, 0.25) is 0 Å². The Morgan fingerprint density at radius 1 is 1.50 bits per heavy atom. The Bertz CT molecular complexity index is 211. The summed E-state index contributed by atoms with van der Waals surface area (Å²) in [4.78, 5) is 3.37. The average Bonchev–Trinajstić information content (AvgIpc) is 2.27. The van der Waals surface area contributed by atoms with Gasteiger partial charge in [-0.25, -0.2) is 0 Å². The fourth-order valence-electron chi connectivity index (χ4n) is 1.59. The number of H-pyrrole nitrogens is 1. The molecule has 0 fully saturated rings. The Morgan fingerprint density at radius 2 is 2.40 bits per heavy atom. The normalized spacial score (nSPS) is 16.9. The quantitative estimate of drug-likeness (QED) is 0.560. The smallest absolute Gasteiger partial charge is 0.0184 e. The highest BCUT2D eigenvalue weighted by molar-refractivity contribution is 5.33. The lowest BCUT2D eigenvalue weighted by Gasteiger charge is -2.08. The monoisotopic (exact) mass is 134 g/mol. The largest absolute Gasteiger partial charge is 0.362 e. The maximum atomic E-state index is 3.37. The molecule has 0 saturated heterocycles. The molecule has 0 aliphatic heterocycles. The summed E-state index contributed by atoms with van der Waals surface area (Å²) in [6.45, 7) is 2.12. The Hall–Kier alpha value is -0.720. The van der Waals surface area contributed by atoms with Crippen LogP contribution in [0.2, 0.25) is 0 Å². The van der Waals surface area contributed by atoms with Crippen LogP contribution < -0.4 is 0 Å². The SMILES string of the molecule is Cc1cc2c([nH]1)CCC[CH]2. The van der Waals surface area contributed by atoms with Crippen LogP contribution in [0.15, 0.2) is 6.07 Å². The third kappa shape index (κ3) is 0.859. The number of aryl methyl sites for hydroxylation is 2. The van der Waals surface area contributed by atoms with Crippen LogP contribution in [-0.4, -0.2) is 4.98 Å². The van der Waals surface area contributed by atoms with E-state index in [1.165, 1.54) is 36.2 Å². The Morgan fingerprint density at radius 3 is 3.20 bits per heavy atom. The average molecular weight is 134 g/mol. The summed E-state index contributed by atoms with van der Waals surface area (Å²) in [5, 5.41) is 0. The van der Waals surface area contributed by atoms with Crippen LogP contribution in [0.5, 0.6) is 0 Å². The molecule has 1 heterocycles. The van der Waals surface area contributed by atoms with E-state index in [9.17, 15) is 0 Å². The van der Waals surface area contributed by atoms with Crippen molar-refractivity contribution in [2.45, 2.75) is 26.2 Å². The third-order valence-corrected chi connectivity index (χ3v) is 2.06. The van der Waals surface area contributed by atoms with Gasteiger partial charge in [-0.3, -0.25) is 0 Å². The van der Waals surface area contributed by atoms with Crippen molar-refractivity contribution in [3.8, 4) is 0 Å². The predicted octanol–water partition coefficient (Wildman–Crippen LogP) is 2.21. The van der Waals surface area contributed by atoms with Gasteiger partial charge in [0.1, 0.15) is 0 Å². The van der Waals surface area contributed by atoms with E-state index in [4.69, 9.17) is 0 Å². The van der Waals surface area contributed by atoms with Crippen molar-refractivity contribution >= 4 is 0 Å². The van der Waals surface area contributed by atoms with Gasteiger partial charge in [-0.15, -0.1) is 0 Å². The van der Waals surface area contributed by atoms with Crippen molar-refractivity contribution in [1.82, 2.24) is 4.98 Å². The number of nitrogens with one attached hydrogen (secondary N) is 1. The van der Waals surface area contributed by atoms with E-state index in [-0.39, 0.29) is 0 Å². The fourth-order valence-corrected chi connectivity index (χ4v) is 1.59. The van der Waals surface area contributed by atoms with Crippen LogP contribution in [0.25, 0.3) is 0 Å². The standard InChI is InChI=1S/C9H12N/c1-7-6-8-4-2-3-5-9(8)10-7/h4,6,10H,2-3,5H2,1H3. The first-order valence-corrected chi connectivity index (χ1v) is 3.88. The van der Waals surface area contributed by atoms with Crippen molar-refractivity contribution in [2.75, 3.05) is 0 Å². The molecule has 10 heavy (non-hydrogen) atoms. The topological polar surface area (TPSA) is 15.8 Å². The lowest BCUT2D eigenvalue weighted by Crippen LogP contribution is -1.97. The molecule has 1 heteroatoms. The van der Waals surface area contributed by atoms with Crippen LogP contribution >= 0.6 is 0 Å². The van der Waals surface area contributed by atoms with E-state index >= 15 is 0 Å². The van der Waals surface area contributed by atoms with Crippen molar-refractivity contribution < 1.29 is 0 Å². The zero-order chi connectivity index (χ0) is 6.97. The first-order valence-electron chi connectivity index (χ1n) is 3.88. The summed E-state index contributed by atoms with van der Waals surface area (Å²) in [6, 6.07) is 2.23. The first-order chi connectivity index (χ1) is 4.86. The van der Waals surface area contributed by atoms with Crippen molar-refractivity contribution in [2.24, 2.45) is 0 Å². The van der Waals surface area contributed by atoms with Gasteiger partial charge in [0.25, 0.3) is 0 Å². The van der Waals surface area contributed by atoms with Crippen LogP contribution in [0, 0.1) is 13.3 Å². The van der Waals surface area contributed by atoms with E-state index in [1.54, 1.807) is 0 Å². The second-order valence-corrected chi connectivity index (χ2v) is 2.98. The predicted molar refractivity (Wildman–Crippen MR) is 41.9 cm³/mol. The number of rotatable bonds is 0. The van der Waals surface area contributed by atoms with E-state index in [2.05, 4.69) is 24.4 Å². The summed E-state index contributed by atoms with van der Waals surface area (Å²) in [6.07, 6.45) is 6.12. The molecule has 0 atom stereocenters. The van der Waals surface area contributed by atoms with Crippen LogP contribution in [-0.2, 0) is 6.42 Å². The molecule has 1 aliphatic rings. The second-order valence-electron chi connectivity index (χ2n) is 2.98. The third-order valence-electron chi connectivity index (χ3n) is 2.06. The van der Waals surface area contributed by atoms with Gasteiger partial charge < -0.3 is 4.98 Å². The van der Waals surface area contributed by atoms with Gasteiger partial charge in [-0.1, -0.05) is 0 Å². The fraction of sp³-hybridized carbons (Fsp3) is 0.444. The Kier molecular flexibility index (Phi) is 1.30. The Labute approximate surface area is 61.5 Å². The highest BCUT2D eigenvalue weighted by Gasteiger charge is 2.10. The summed E-state index contributed by atoms with van der Waals surface area (Å²) in [5.41, 5.74) is 4.16. The maximum absolute atomic E-state index is 3.37. The molecule has 0 aromatic carbocycles. The van der Waals surface area contributed by atoms with E-state index in [0.29, 0.717) is 0 Å². The van der Waals surface area contributed by atoms with Crippen molar-refractivity contribution in [3.63, 3.8) is 0 Å². The molecule has 0 unspecified atom stereocenters. The summed E-state index contributed by atoms with van der Waals surface area (Å²) in [5.74, 6) is 0. The lowest BCUT2D eigenvalue weighted by atomic mass is 9.98. The number of fused-ring (bicyclic) bond motifs is 1. The number of hydrogen-bond donors (Lipinski definition) is 1. The summed E-state index contributed by atoms with van der Waals surface area (Å²) < 4.78 is 0. The molecule has 2 rings (SSSR count). The lowest BCUT2D eigenvalue weighted by molar-refractivity contribution is 0.760. The minimum absolute atomic E-state index is 1.24. The number of hydrogen-bond acceptors (Lipinski definition) is 0. The van der Waals surface area contributed by atoms with Gasteiger partial charge in [-0.2, -0.15) is 0 Å². The molecule has 1 radical (unpaired) electrons. The Balaban J connectivity index is 2.41. The molecular weight excluding hydrogens is 122 g/mol. The van der Waals surface area contributed by atoms with Gasteiger partial charge in [0, 0.05) is 11.4 Å². The van der Waals surface area contributed by atoms with Crippen LogP contribution in [0.3, 0.4) is 0 Å². The van der Waals surface area contributed by atoms with E-state index in [0.717, 1.165) is 0 Å². The van der Waals surface area contributed by atoms with Crippen LogP contribution in [0.4, 0.5) is 0 Å². The molecule has 1 aliphatic carbocycles. The molecular formula is C9H12N. The van der Waals surface area contributed by atoms with Gasteiger partial charge in [-0.05, 0) is 44.2 Å². The molecule has 0 amide bonds. The molecule has 0 spiro atoms. The second kappa shape index (κ2) is 2.15.